The summed E-state index contributed by atoms with van der Waals surface area (Å²) in [7, 11) is 0. The van der Waals surface area contributed by atoms with Crippen LogP contribution < -0.4 is 10.2 Å². The quantitative estimate of drug-likeness (QED) is 0.634. The topological polar surface area (TPSA) is 103 Å². The number of likely N-dealkylation sites (N-methyl/N-ethyl adjacent to an activating group) is 1. The van der Waals surface area contributed by atoms with E-state index in [2.05, 4.69) is 5.32 Å². The molecule has 1 aromatic carbocycles. The van der Waals surface area contributed by atoms with Gasteiger partial charge in [0.05, 0.1) is 23.1 Å². The van der Waals surface area contributed by atoms with Crippen LogP contribution in [-0.4, -0.2) is 55.0 Å². The number of nitro benzene ring substituents is 1. The van der Waals surface area contributed by atoms with Crippen molar-refractivity contribution < 1.29 is 9.72 Å². The summed E-state index contributed by atoms with van der Waals surface area (Å²) in [4.78, 5) is 26.3. The van der Waals surface area contributed by atoms with Gasteiger partial charge in [-0.1, -0.05) is 0 Å². The molecule has 1 fully saturated rings. The maximum Gasteiger partial charge on any atom is 0.293 e. The van der Waals surface area contributed by atoms with Gasteiger partial charge in [-0.25, -0.2) is 0 Å². The number of piperazine rings is 1. The number of anilines is 1. The molecular formula is C15H19N5O3. The van der Waals surface area contributed by atoms with Gasteiger partial charge in [-0.3, -0.25) is 19.8 Å². The molecule has 1 aromatic rings. The summed E-state index contributed by atoms with van der Waals surface area (Å²) in [5.41, 5.74) is 0.739. The highest BCUT2D eigenvalue weighted by Crippen LogP contribution is 2.29. The van der Waals surface area contributed by atoms with Crippen molar-refractivity contribution in [3.63, 3.8) is 0 Å². The number of amides is 1. The SMILES string of the molecule is CCNC(=O)CN1CCN(c2ccc(C#N)cc2[N+](=O)[O-])CC1. The van der Waals surface area contributed by atoms with Crippen molar-refractivity contribution in [3.05, 3.63) is 33.9 Å². The van der Waals surface area contributed by atoms with Crippen molar-refractivity contribution in [1.82, 2.24) is 10.2 Å². The Labute approximate surface area is 134 Å². The smallest absolute Gasteiger partial charge is 0.293 e. The molecule has 1 aliphatic rings. The number of carbonyl (C=O) groups is 1. The van der Waals surface area contributed by atoms with Gasteiger partial charge in [0.2, 0.25) is 5.91 Å². The summed E-state index contributed by atoms with van der Waals surface area (Å²) in [6, 6.07) is 6.43. The Morgan fingerprint density at radius 2 is 2.09 bits per heavy atom. The van der Waals surface area contributed by atoms with Crippen LogP contribution in [0.4, 0.5) is 11.4 Å². The molecule has 122 valence electrons. The molecule has 0 saturated carbocycles. The molecule has 0 unspecified atom stereocenters. The molecule has 0 aliphatic carbocycles. The van der Waals surface area contributed by atoms with E-state index in [0.717, 1.165) is 0 Å². The second kappa shape index (κ2) is 7.56. The van der Waals surface area contributed by atoms with Crippen molar-refractivity contribution in [2.45, 2.75) is 6.92 Å². The Morgan fingerprint density at radius 1 is 1.39 bits per heavy atom. The number of nitriles is 1. The van der Waals surface area contributed by atoms with E-state index in [0.29, 0.717) is 45.0 Å². The number of nitrogens with zero attached hydrogens (tertiary/aromatic N) is 4. The van der Waals surface area contributed by atoms with E-state index in [1.807, 2.05) is 22.8 Å². The molecule has 8 nitrogen and oxygen atoms in total. The van der Waals surface area contributed by atoms with Crippen LogP contribution in [0.2, 0.25) is 0 Å². The minimum Gasteiger partial charge on any atom is -0.363 e. The maximum atomic E-state index is 11.6. The van der Waals surface area contributed by atoms with Crippen LogP contribution in [0, 0.1) is 21.4 Å². The van der Waals surface area contributed by atoms with Crippen LogP contribution in [0.15, 0.2) is 18.2 Å². The van der Waals surface area contributed by atoms with E-state index in [1.165, 1.54) is 6.07 Å². The fourth-order valence-electron chi connectivity index (χ4n) is 2.61. The number of rotatable bonds is 5. The van der Waals surface area contributed by atoms with Gasteiger partial charge in [0, 0.05) is 38.8 Å². The Morgan fingerprint density at radius 3 is 2.65 bits per heavy atom. The van der Waals surface area contributed by atoms with E-state index in [1.54, 1.807) is 12.1 Å². The summed E-state index contributed by atoms with van der Waals surface area (Å²) in [6.07, 6.45) is 0. The summed E-state index contributed by atoms with van der Waals surface area (Å²) in [5.74, 6) is -0.00898. The predicted octanol–water partition coefficient (Wildman–Crippen LogP) is 0.725. The zero-order valence-electron chi connectivity index (χ0n) is 13.0. The Kier molecular flexibility index (Phi) is 5.49. The van der Waals surface area contributed by atoms with Crippen molar-refractivity contribution in [2.75, 3.05) is 44.2 Å². The van der Waals surface area contributed by atoms with Gasteiger partial charge < -0.3 is 10.2 Å². The zero-order chi connectivity index (χ0) is 16.8. The molecule has 0 bridgehead atoms. The van der Waals surface area contributed by atoms with Crippen LogP contribution >= 0.6 is 0 Å². The molecule has 1 saturated heterocycles. The predicted molar refractivity (Wildman–Crippen MR) is 85.1 cm³/mol. The van der Waals surface area contributed by atoms with Gasteiger partial charge in [0.25, 0.3) is 5.69 Å². The number of hydrogen-bond donors (Lipinski definition) is 1. The Bertz CT molecular complexity index is 632. The van der Waals surface area contributed by atoms with E-state index in [4.69, 9.17) is 5.26 Å². The third-order valence-corrected chi connectivity index (χ3v) is 3.76. The van der Waals surface area contributed by atoms with Gasteiger partial charge in [-0.15, -0.1) is 0 Å². The first-order valence-corrected chi connectivity index (χ1v) is 7.47. The van der Waals surface area contributed by atoms with Crippen molar-refractivity contribution in [1.29, 1.82) is 5.26 Å². The fraction of sp³-hybridized carbons (Fsp3) is 0.467. The van der Waals surface area contributed by atoms with E-state index in [9.17, 15) is 14.9 Å². The van der Waals surface area contributed by atoms with Crippen LogP contribution in [0.3, 0.4) is 0 Å². The minimum absolute atomic E-state index is 0.00898. The normalized spacial score (nSPS) is 15.0. The number of nitrogens with one attached hydrogen (secondary N) is 1. The van der Waals surface area contributed by atoms with E-state index >= 15 is 0 Å². The molecular weight excluding hydrogens is 298 g/mol. The van der Waals surface area contributed by atoms with Gasteiger partial charge in [-0.05, 0) is 19.1 Å². The monoisotopic (exact) mass is 317 g/mol. The average molecular weight is 317 g/mol. The lowest BCUT2D eigenvalue weighted by molar-refractivity contribution is -0.384. The van der Waals surface area contributed by atoms with Gasteiger partial charge >= 0.3 is 0 Å². The molecule has 2 rings (SSSR count). The third-order valence-electron chi connectivity index (χ3n) is 3.76. The summed E-state index contributed by atoms with van der Waals surface area (Å²) in [6.45, 7) is 5.36. The highest BCUT2D eigenvalue weighted by Gasteiger charge is 2.24. The molecule has 1 N–H and O–H groups in total. The van der Waals surface area contributed by atoms with Gasteiger partial charge in [0.1, 0.15) is 5.69 Å². The molecule has 0 spiro atoms. The molecule has 1 aliphatic heterocycles. The lowest BCUT2D eigenvalue weighted by Gasteiger charge is -2.35. The Hall–Kier alpha value is -2.66. The van der Waals surface area contributed by atoms with Crippen molar-refractivity contribution >= 4 is 17.3 Å². The average Bonchev–Trinajstić information content (AvgIpc) is 2.55. The van der Waals surface area contributed by atoms with Crippen molar-refractivity contribution in [3.8, 4) is 6.07 Å². The van der Waals surface area contributed by atoms with Crippen LogP contribution in [0.1, 0.15) is 12.5 Å². The fourth-order valence-corrected chi connectivity index (χ4v) is 2.61. The lowest BCUT2D eigenvalue weighted by atomic mass is 10.1. The van der Waals surface area contributed by atoms with Crippen molar-refractivity contribution in [2.24, 2.45) is 0 Å². The second-order valence-corrected chi connectivity index (χ2v) is 5.29. The molecule has 1 heterocycles. The van der Waals surface area contributed by atoms with Crippen LogP contribution in [0.5, 0.6) is 0 Å². The third kappa shape index (κ3) is 4.17. The molecule has 0 atom stereocenters. The largest absolute Gasteiger partial charge is 0.363 e. The highest BCUT2D eigenvalue weighted by molar-refractivity contribution is 5.78. The van der Waals surface area contributed by atoms with Crippen LogP contribution in [0.25, 0.3) is 0 Å². The first kappa shape index (κ1) is 16.7. The standard InChI is InChI=1S/C15H19N5O3/c1-2-17-15(21)11-18-5-7-19(8-6-18)13-4-3-12(10-16)9-14(13)20(22)23/h3-4,9H,2,5-8,11H2,1H3,(H,17,21). The second-order valence-electron chi connectivity index (χ2n) is 5.29. The van der Waals surface area contributed by atoms with E-state index < -0.39 is 4.92 Å². The zero-order valence-corrected chi connectivity index (χ0v) is 13.0. The number of nitro groups is 1. The van der Waals surface area contributed by atoms with Gasteiger partial charge in [0.15, 0.2) is 0 Å². The molecule has 1 amide bonds. The molecule has 0 radical (unpaired) electrons. The summed E-state index contributed by atoms with van der Waals surface area (Å²) in [5, 5.41) is 22.9. The first-order chi connectivity index (χ1) is 11.0. The van der Waals surface area contributed by atoms with Crippen LogP contribution in [-0.2, 0) is 4.79 Å². The highest BCUT2D eigenvalue weighted by atomic mass is 16.6. The minimum atomic E-state index is -0.461. The first-order valence-electron chi connectivity index (χ1n) is 7.47. The Balaban J connectivity index is 2.04. The number of carbonyl (C=O) groups excluding carboxylic acids is 1. The summed E-state index contributed by atoms with van der Waals surface area (Å²) >= 11 is 0. The molecule has 0 aromatic heterocycles. The number of benzene rings is 1. The summed E-state index contributed by atoms with van der Waals surface area (Å²) < 4.78 is 0. The van der Waals surface area contributed by atoms with E-state index in [-0.39, 0.29) is 17.2 Å². The lowest BCUT2D eigenvalue weighted by Crippen LogP contribution is -2.49. The molecule has 8 heteroatoms. The van der Waals surface area contributed by atoms with Gasteiger partial charge in [-0.2, -0.15) is 5.26 Å². The number of hydrogen-bond acceptors (Lipinski definition) is 6. The maximum absolute atomic E-state index is 11.6. The molecule has 23 heavy (non-hydrogen) atoms.